The van der Waals surface area contributed by atoms with Crippen molar-refractivity contribution < 1.29 is 0 Å². The number of hydrogen-bond acceptors (Lipinski definition) is 2. The maximum absolute atomic E-state index is 5.81. The molecule has 0 amide bonds. The van der Waals surface area contributed by atoms with Crippen molar-refractivity contribution in [2.45, 2.75) is 18.9 Å². The second kappa shape index (κ2) is 4.67. The van der Waals surface area contributed by atoms with E-state index >= 15 is 0 Å². The lowest BCUT2D eigenvalue weighted by atomic mass is 10.1. The molecule has 1 unspecified atom stereocenters. The zero-order valence-electron chi connectivity index (χ0n) is 8.09. The molecule has 3 heteroatoms. The SMILES string of the molecule is Clc1ccc(NC2CCCNC2)cc1. The van der Waals surface area contributed by atoms with Crippen LogP contribution >= 0.6 is 11.6 Å². The van der Waals surface area contributed by atoms with Crippen LogP contribution in [0.1, 0.15) is 12.8 Å². The van der Waals surface area contributed by atoms with E-state index in [0.29, 0.717) is 6.04 Å². The molecule has 0 aromatic heterocycles. The third kappa shape index (κ3) is 2.63. The molecule has 1 atom stereocenters. The summed E-state index contributed by atoms with van der Waals surface area (Å²) in [6.45, 7) is 2.21. The molecule has 0 radical (unpaired) electrons. The number of nitrogens with one attached hydrogen (secondary N) is 2. The zero-order chi connectivity index (χ0) is 9.80. The van der Waals surface area contributed by atoms with Crippen LogP contribution < -0.4 is 10.6 Å². The minimum absolute atomic E-state index is 0.560. The van der Waals surface area contributed by atoms with Gasteiger partial charge >= 0.3 is 0 Å². The van der Waals surface area contributed by atoms with Gasteiger partial charge in [-0.15, -0.1) is 0 Å². The van der Waals surface area contributed by atoms with Crippen LogP contribution in [0.3, 0.4) is 0 Å². The molecule has 1 aromatic carbocycles. The largest absolute Gasteiger partial charge is 0.381 e. The molecule has 2 rings (SSSR count). The molecule has 1 aliphatic rings. The molecule has 0 saturated carbocycles. The van der Waals surface area contributed by atoms with E-state index in [0.717, 1.165) is 23.8 Å². The van der Waals surface area contributed by atoms with Gasteiger partial charge in [0.1, 0.15) is 0 Å². The minimum atomic E-state index is 0.560. The quantitative estimate of drug-likeness (QED) is 0.784. The maximum atomic E-state index is 5.81. The standard InChI is InChI=1S/C11H15ClN2/c12-9-3-5-10(6-4-9)14-11-2-1-7-13-8-11/h3-6,11,13-14H,1-2,7-8H2. The van der Waals surface area contributed by atoms with Crippen LogP contribution in [-0.4, -0.2) is 19.1 Å². The summed E-state index contributed by atoms with van der Waals surface area (Å²) in [5, 5.41) is 7.65. The first-order chi connectivity index (χ1) is 6.84. The van der Waals surface area contributed by atoms with E-state index in [9.17, 15) is 0 Å². The van der Waals surface area contributed by atoms with E-state index in [2.05, 4.69) is 10.6 Å². The van der Waals surface area contributed by atoms with Gasteiger partial charge in [-0.05, 0) is 43.7 Å². The highest BCUT2D eigenvalue weighted by Gasteiger charge is 2.11. The highest BCUT2D eigenvalue weighted by molar-refractivity contribution is 6.30. The summed E-state index contributed by atoms with van der Waals surface area (Å²) in [5.74, 6) is 0. The van der Waals surface area contributed by atoms with Crippen molar-refractivity contribution in [3.05, 3.63) is 29.3 Å². The predicted octanol–water partition coefficient (Wildman–Crippen LogP) is 2.50. The van der Waals surface area contributed by atoms with Crippen LogP contribution in [0.2, 0.25) is 5.02 Å². The monoisotopic (exact) mass is 210 g/mol. The number of rotatable bonds is 2. The Morgan fingerprint density at radius 3 is 2.71 bits per heavy atom. The Morgan fingerprint density at radius 1 is 1.29 bits per heavy atom. The fourth-order valence-electron chi connectivity index (χ4n) is 1.76. The molecule has 2 N–H and O–H groups in total. The molecule has 1 fully saturated rings. The predicted molar refractivity (Wildman–Crippen MR) is 61.0 cm³/mol. The summed E-state index contributed by atoms with van der Waals surface area (Å²) in [6.07, 6.45) is 2.50. The van der Waals surface area contributed by atoms with Crippen LogP contribution in [0.4, 0.5) is 5.69 Å². The molecule has 76 valence electrons. The van der Waals surface area contributed by atoms with E-state index < -0.39 is 0 Å². The topological polar surface area (TPSA) is 24.1 Å². The fraction of sp³-hybridized carbons (Fsp3) is 0.455. The average Bonchev–Trinajstić information content (AvgIpc) is 2.23. The lowest BCUT2D eigenvalue weighted by Crippen LogP contribution is -2.38. The van der Waals surface area contributed by atoms with Crippen LogP contribution in [0.25, 0.3) is 0 Å². The third-order valence-electron chi connectivity index (χ3n) is 2.51. The van der Waals surface area contributed by atoms with E-state index in [1.54, 1.807) is 0 Å². The minimum Gasteiger partial charge on any atom is -0.381 e. The molecule has 1 aromatic rings. The highest BCUT2D eigenvalue weighted by Crippen LogP contribution is 2.16. The smallest absolute Gasteiger partial charge is 0.0407 e. The first kappa shape index (κ1) is 9.81. The average molecular weight is 211 g/mol. The third-order valence-corrected chi connectivity index (χ3v) is 2.76. The van der Waals surface area contributed by atoms with E-state index in [-0.39, 0.29) is 0 Å². The molecule has 1 saturated heterocycles. The Balaban J connectivity index is 1.92. The number of halogens is 1. The van der Waals surface area contributed by atoms with Crippen molar-refractivity contribution in [2.75, 3.05) is 18.4 Å². The number of benzene rings is 1. The van der Waals surface area contributed by atoms with Gasteiger partial charge in [0.05, 0.1) is 0 Å². The van der Waals surface area contributed by atoms with Gasteiger partial charge in [0.2, 0.25) is 0 Å². The summed E-state index contributed by atoms with van der Waals surface area (Å²) in [4.78, 5) is 0. The summed E-state index contributed by atoms with van der Waals surface area (Å²) in [6, 6.07) is 8.44. The molecule has 0 spiro atoms. The summed E-state index contributed by atoms with van der Waals surface area (Å²) >= 11 is 5.81. The van der Waals surface area contributed by atoms with Crippen molar-refractivity contribution in [1.29, 1.82) is 0 Å². The van der Waals surface area contributed by atoms with Crippen LogP contribution in [-0.2, 0) is 0 Å². The second-order valence-corrected chi connectivity index (χ2v) is 4.13. The summed E-state index contributed by atoms with van der Waals surface area (Å²) < 4.78 is 0. The van der Waals surface area contributed by atoms with Crippen molar-refractivity contribution in [2.24, 2.45) is 0 Å². The van der Waals surface area contributed by atoms with E-state index in [4.69, 9.17) is 11.6 Å². The van der Waals surface area contributed by atoms with Gasteiger partial charge in [-0.1, -0.05) is 11.6 Å². The van der Waals surface area contributed by atoms with Gasteiger partial charge in [-0.25, -0.2) is 0 Å². The highest BCUT2D eigenvalue weighted by atomic mass is 35.5. The van der Waals surface area contributed by atoms with Crippen molar-refractivity contribution in [1.82, 2.24) is 5.32 Å². The Labute approximate surface area is 89.7 Å². The summed E-state index contributed by atoms with van der Waals surface area (Å²) in [5.41, 5.74) is 1.16. The second-order valence-electron chi connectivity index (χ2n) is 3.69. The van der Waals surface area contributed by atoms with Crippen LogP contribution in [0.5, 0.6) is 0 Å². The Kier molecular flexibility index (Phi) is 3.27. The summed E-state index contributed by atoms with van der Waals surface area (Å²) in [7, 11) is 0. The molecule has 0 bridgehead atoms. The molecule has 1 aliphatic heterocycles. The molecule has 0 aliphatic carbocycles. The first-order valence-corrected chi connectivity index (χ1v) is 5.45. The number of piperidine rings is 1. The van der Waals surface area contributed by atoms with Crippen molar-refractivity contribution in [3.63, 3.8) is 0 Å². The first-order valence-electron chi connectivity index (χ1n) is 5.07. The molecule has 1 heterocycles. The Morgan fingerprint density at radius 2 is 2.07 bits per heavy atom. The Hall–Kier alpha value is -0.730. The van der Waals surface area contributed by atoms with Gasteiger partial charge in [0, 0.05) is 23.3 Å². The lowest BCUT2D eigenvalue weighted by molar-refractivity contribution is 0.480. The lowest BCUT2D eigenvalue weighted by Gasteiger charge is -2.24. The van der Waals surface area contributed by atoms with Crippen LogP contribution in [0.15, 0.2) is 24.3 Å². The normalized spacial score (nSPS) is 21.9. The van der Waals surface area contributed by atoms with Gasteiger partial charge in [-0.3, -0.25) is 0 Å². The molecular weight excluding hydrogens is 196 g/mol. The van der Waals surface area contributed by atoms with E-state index in [1.165, 1.54) is 12.8 Å². The van der Waals surface area contributed by atoms with Gasteiger partial charge in [0.15, 0.2) is 0 Å². The maximum Gasteiger partial charge on any atom is 0.0407 e. The van der Waals surface area contributed by atoms with Gasteiger partial charge in [-0.2, -0.15) is 0 Å². The van der Waals surface area contributed by atoms with Crippen molar-refractivity contribution >= 4 is 17.3 Å². The fourth-order valence-corrected chi connectivity index (χ4v) is 1.88. The van der Waals surface area contributed by atoms with Crippen molar-refractivity contribution in [3.8, 4) is 0 Å². The Bertz CT molecular complexity index is 278. The molecule has 2 nitrogen and oxygen atoms in total. The van der Waals surface area contributed by atoms with Gasteiger partial charge < -0.3 is 10.6 Å². The number of hydrogen-bond donors (Lipinski definition) is 2. The van der Waals surface area contributed by atoms with E-state index in [1.807, 2.05) is 24.3 Å². The van der Waals surface area contributed by atoms with Gasteiger partial charge in [0.25, 0.3) is 0 Å². The zero-order valence-corrected chi connectivity index (χ0v) is 8.85. The molecule has 14 heavy (non-hydrogen) atoms. The molecular formula is C11H15ClN2. The number of anilines is 1. The van der Waals surface area contributed by atoms with Crippen LogP contribution in [0, 0.1) is 0 Å².